The molecule has 24 heavy (non-hydrogen) atoms. The number of carbonyl (C=O) groups is 1. The van der Waals surface area contributed by atoms with E-state index in [0.717, 1.165) is 23.2 Å². The van der Waals surface area contributed by atoms with Crippen LogP contribution in [0.2, 0.25) is 10.0 Å². The first-order chi connectivity index (χ1) is 11.6. The van der Waals surface area contributed by atoms with Crippen molar-refractivity contribution < 1.29 is 4.79 Å². The van der Waals surface area contributed by atoms with E-state index in [2.05, 4.69) is 17.5 Å². The number of benzene rings is 2. The van der Waals surface area contributed by atoms with Crippen molar-refractivity contribution in [2.24, 2.45) is 5.92 Å². The molecule has 0 spiro atoms. The molecule has 0 bridgehead atoms. The molecular formula is C20H17Cl2NO. The first-order valence-corrected chi connectivity index (χ1v) is 8.84. The fourth-order valence-corrected chi connectivity index (χ4v) is 4.31. The van der Waals surface area contributed by atoms with Gasteiger partial charge in [-0.3, -0.25) is 4.79 Å². The molecule has 2 nitrogen and oxygen atoms in total. The summed E-state index contributed by atoms with van der Waals surface area (Å²) in [7, 11) is 0. The average Bonchev–Trinajstić information content (AvgIpc) is 3.06. The minimum absolute atomic E-state index is 0.0938. The van der Waals surface area contributed by atoms with Crippen molar-refractivity contribution >= 4 is 34.7 Å². The molecule has 1 aliphatic heterocycles. The van der Waals surface area contributed by atoms with Gasteiger partial charge in [-0.2, -0.15) is 0 Å². The summed E-state index contributed by atoms with van der Waals surface area (Å²) >= 11 is 12.7. The van der Waals surface area contributed by atoms with E-state index >= 15 is 0 Å². The Morgan fingerprint density at radius 2 is 2.00 bits per heavy atom. The maximum Gasteiger partial charge on any atom is 0.159 e. The summed E-state index contributed by atoms with van der Waals surface area (Å²) in [6.07, 6.45) is 5.45. The van der Waals surface area contributed by atoms with Gasteiger partial charge in [0.1, 0.15) is 0 Å². The summed E-state index contributed by atoms with van der Waals surface area (Å²) in [6, 6.07) is 11.8. The molecule has 4 rings (SSSR count). The van der Waals surface area contributed by atoms with E-state index in [0.29, 0.717) is 21.9 Å². The van der Waals surface area contributed by atoms with Crippen LogP contribution in [0.1, 0.15) is 46.8 Å². The predicted molar refractivity (Wildman–Crippen MR) is 99.3 cm³/mol. The molecule has 0 radical (unpaired) electrons. The van der Waals surface area contributed by atoms with Gasteiger partial charge in [-0.15, -0.1) is 0 Å². The van der Waals surface area contributed by atoms with Crippen LogP contribution in [0.15, 0.2) is 48.6 Å². The number of carbonyl (C=O) groups excluding carboxylic acids is 1. The highest BCUT2D eigenvalue weighted by Gasteiger charge is 2.38. The summed E-state index contributed by atoms with van der Waals surface area (Å²) in [6.45, 7) is 1.61. The highest BCUT2D eigenvalue weighted by atomic mass is 35.5. The van der Waals surface area contributed by atoms with Crippen molar-refractivity contribution in [2.45, 2.75) is 25.3 Å². The number of fused-ring (bicyclic) bond motifs is 3. The molecule has 1 heterocycles. The van der Waals surface area contributed by atoms with Crippen LogP contribution in [0.25, 0.3) is 0 Å². The van der Waals surface area contributed by atoms with E-state index in [1.807, 2.05) is 36.4 Å². The third kappa shape index (κ3) is 2.45. The lowest BCUT2D eigenvalue weighted by Gasteiger charge is -2.38. The molecule has 2 aliphatic rings. The third-order valence-electron chi connectivity index (χ3n) is 5.09. The maximum absolute atomic E-state index is 11.7. The Balaban J connectivity index is 1.81. The van der Waals surface area contributed by atoms with Gasteiger partial charge in [0, 0.05) is 17.2 Å². The zero-order valence-electron chi connectivity index (χ0n) is 13.2. The second-order valence-electron chi connectivity index (χ2n) is 6.48. The first-order valence-electron chi connectivity index (χ1n) is 8.08. The highest BCUT2D eigenvalue weighted by Crippen LogP contribution is 2.51. The van der Waals surface area contributed by atoms with Gasteiger partial charge in [0.25, 0.3) is 0 Å². The molecule has 0 fully saturated rings. The number of hydrogen-bond acceptors (Lipinski definition) is 2. The van der Waals surface area contributed by atoms with Crippen LogP contribution >= 0.6 is 23.2 Å². The Hall–Kier alpha value is -1.77. The molecule has 1 aliphatic carbocycles. The SMILES string of the molecule is CC(=O)c1ccc2c(c1)[C@H]1C=CC[C@H]1[C@H](c1cccc(Cl)c1Cl)N2. The van der Waals surface area contributed by atoms with Crippen LogP contribution in [-0.2, 0) is 0 Å². The van der Waals surface area contributed by atoms with Crippen molar-refractivity contribution in [3.05, 3.63) is 75.3 Å². The van der Waals surface area contributed by atoms with Gasteiger partial charge in [-0.25, -0.2) is 0 Å². The highest BCUT2D eigenvalue weighted by molar-refractivity contribution is 6.42. The maximum atomic E-state index is 11.7. The fourth-order valence-electron chi connectivity index (χ4n) is 3.88. The molecule has 0 saturated carbocycles. The number of rotatable bonds is 2. The van der Waals surface area contributed by atoms with E-state index in [4.69, 9.17) is 23.2 Å². The molecule has 3 atom stereocenters. The molecule has 4 heteroatoms. The topological polar surface area (TPSA) is 29.1 Å². The molecule has 2 aromatic rings. The van der Waals surface area contributed by atoms with Crippen molar-refractivity contribution in [2.75, 3.05) is 5.32 Å². The van der Waals surface area contributed by atoms with Gasteiger partial charge in [0.2, 0.25) is 0 Å². The van der Waals surface area contributed by atoms with E-state index in [1.165, 1.54) is 5.56 Å². The molecular weight excluding hydrogens is 341 g/mol. The zero-order chi connectivity index (χ0) is 16.8. The molecule has 0 saturated heterocycles. The van der Waals surface area contributed by atoms with E-state index < -0.39 is 0 Å². The van der Waals surface area contributed by atoms with Gasteiger partial charge in [0.05, 0.1) is 16.1 Å². The monoisotopic (exact) mass is 357 g/mol. The zero-order valence-corrected chi connectivity index (χ0v) is 14.7. The Bertz CT molecular complexity index is 859. The van der Waals surface area contributed by atoms with Gasteiger partial charge in [0.15, 0.2) is 5.78 Å². The Kier molecular flexibility index (Phi) is 3.90. The number of halogens is 2. The standard InChI is InChI=1S/C20H17Cl2NO/c1-11(24)12-8-9-18-16(10-12)13-4-2-5-14(13)20(23-18)15-6-3-7-17(21)19(15)22/h2-4,6-10,13-14,20,23H,5H2,1H3/t13-,14+,20+/m0/s1. The van der Waals surface area contributed by atoms with Crippen molar-refractivity contribution in [1.29, 1.82) is 0 Å². The van der Waals surface area contributed by atoms with Crippen molar-refractivity contribution in [3.8, 4) is 0 Å². The summed E-state index contributed by atoms with van der Waals surface area (Å²) in [5, 5.41) is 4.82. The number of nitrogens with one attached hydrogen (secondary N) is 1. The number of Topliss-reactive ketones (excluding diaryl/α,β-unsaturated/α-hetero) is 1. The smallest absolute Gasteiger partial charge is 0.159 e. The van der Waals surface area contributed by atoms with E-state index in [-0.39, 0.29) is 11.8 Å². The summed E-state index contributed by atoms with van der Waals surface area (Å²) in [4.78, 5) is 11.7. The number of hydrogen-bond donors (Lipinski definition) is 1. The predicted octanol–water partition coefficient (Wildman–Crippen LogP) is 6.02. The Labute approximate surface area is 151 Å². The number of anilines is 1. The lowest BCUT2D eigenvalue weighted by atomic mass is 9.76. The van der Waals surface area contributed by atoms with Gasteiger partial charge in [-0.05, 0) is 54.7 Å². The van der Waals surface area contributed by atoms with Gasteiger partial charge < -0.3 is 5.32 Å². The van der Waals surface area contributed by atoms with Crippen LogP contribution in [0.4, 0.5) is 5.69 Å². The van der Waals surface area contributed by atoms with Gasteiger partial charge in [-0.1, -0.05) is 47.5 Å². The Morgan fingerprint density at radius 1 is 1.17 bits per heavy atom. The second-order valence-corrected chi connectivity index (χ2v) is 7.26. The van der Waals surface area contributed by atoms with Crippen LogP contribution in [0, 0.1) is 5.92 Å². The summed E-state index contributed by atoms with van der Waals surface area (Å²) in [5.41, 5.74) is 4.04. The van der Waals surface area contributed by atoms with Crippen LogP contribution < -0.4 is 5.32 Å². The van der Waals surface area contributed by atoms with Crippen LogP contribution in [0.3, 0.4) is 0 Å². The lowest BCUT2D eigenvalue weighted by Crippen LogP contribution is -2.29. The normalized spacial score (nSPS) is 24.2. The number of ketones is 1. The average molecular weight is 358 g/mol. The van der Waals surface area contributed by atoms with Crippen LogP contribution in [0.5, 0.6) is 0 Å². The first kappa shape index (κ1) is 15.7. The van der Waals surface area contributed by atoms with Crippen LogP contribution in [-0.4, -0.2) is 5.78 Å². The summed E-state index contributed by atoms with van der Waals surface area (Å²) < 4.78 is 0. The summed E-state index contributed by atoms with van der Waals surface area (Å²) in [5.74, 6) is 0.757. The van der Waals surface area contributed by atoms with Crippen molar-refractivity contribution in [1.82, 2.24) is 0 Å². The van der Waals surface area contributed by atoms with E-state index in [9.17, 15) is 4.79 Å². The molecule has 0 aromatic heterocycles. The fraction of sp³-hybridized carbons (Fsp3) is 0.250. The quantitative estimate of drug-likeness (QED) is 0.525. The molecule has 122 valence electrons. The van der Waals surface area contributed by atoms with Crippen molar-refractivity contribution in [3.63, 3.8) is 0 Å². The van der Waals surface area contributed by atoms with Gasteiger partial charge >= 0.3 is 0 Å². The molecule has 0 unspecified atom stereocenters. The lowest BCUT2D eigenvalue weighted by molar-refractivity contribution is 0.101. The largest absolute Gasteiger partial charge is 0.378 e. The van der Waals surface area contributed by atoms with E-state index in [1.54, 1.807) is 6.92 Å². The molecule has 2 aromatic carbocycles. The molecule has 0 amide bonds. The minimum Gasteiger partial charge on any atom is -0.378 e. The second kappa shape index (κ2) is 5.94. The number of allylic oxidation sites excluding steroid dienone is 2. The Morgan fingerprint density at radius 3 is 2.79 bits per heavy atom. The molecule has 1 N–H and O–H groups in total. The minimum atomic E-state index is 0.0938. The third-order valence-corrected chi connectivity index (χ3v) is 5.92.